The van der Waals surface area contributed by atoms with Crippen LogP contribution >= 0.6 is 15.9 Å². The molecular weight excluding hydrogens is 292 g/mol. The first-order valence-corrected chi connectivity index (χ1v) is 7.32. The van der Waals surface area contributed by atoms with Crippen LogP contribution in [0.4, 0.5) is 0 Å². The largest absolute Gasteiger partial charge is 0.336 e. The highest BCUT2D eigenvalue weighted by Crippen LogP contribution is 2.18. The predicted octanol–water partition coefficient (Wildman–Crippen LogP) is 3.88. The molecule has 0 aliphatic carbocycles. The molecule has 1 unspecified atom stereocenters. The number of halogens is 1. The number of unbranched alkanes of at least 4 members (excludes halogenated alkanes) is 1. The molecule has 0 saturated heterocycles. The second-order valence-corrected chi connectivity index (χ2v) is 5.20. The Morgan fingerprint density at radius 3 is 2.78 bits per heavy atom. The van der Waals surface area contributed by atoms with Gasteiger partial charge in [0, 0.05) is 18.8 Å². The zero-order valence-electron chi connectivity index (χ0n) is 11.3. The molecule has 0 radical (unpaired) electrons. The van der Waals surface area contributed by atoms with Gasteiger partial charge in [-0.25, -0.2) is 4.98 Å². The van der Waals surface area contributed by atoms with E-state index in [9.17, 15) is 4.79 Å². The third-order valence-corrected chi connectivity index (χ3v) is 3.76. The summed E-state index contributed by atoms with van der Waals surface area (Å²) in [5, 5.41) is 0. The standard InChI is InChI=1S/C14H21BrN2O/c1-4-6-10-17(11(3)5-2)14(18)12-8-7-9-16-13(12)15/h7-9,11H,4-6,10H2,1-3H3. The Morgan fingerprint density at radius 2 is 2.22 bits per heavy atom. The van der Waals surface area contributed by atoms with Crippen LogP contribution in [0.15, 0.2) is 22.9 Å². The van der Waals surface area contributed by atoms with Crippen molar-refractivity contribution in [3.05, 3.63) is 28.5 Å². The Bertz CT molecular complexity index is 395. The van der Waals surface area contributed by atoms with Crippen LogP contribution in [0.1, 0.15) is 50.4 Å². The van der Waals surface area contributed by atoms with Crippen LogP contribution in [-0.4, -0.2) is 28.4 Å². The number of carbonyl (C=O) groups is 1. The fraction of sp³-hybridized carbons (Fsp3) is 0.571. The van der Waals surface area contributed by atoms with Gasteiger partial charge < -0.3 is 4.90 Å². The Hall–Kier alpha value is -0.900. The number of hydrogen-bond donors (Lipinski definition) is 0. The van der Waals surface area contributed by atoms with Gasteiger partial charge in [-0.15, -0.1) is 0 Å². The third kappa shape index (κ3) is 3.80. The number of pyridine rings is 1. The normalized spacial score (nSPS) is 12.2. The highest BCUT2D eigenvalue weighted by atomic mass is 79.9. The van der Waals surface area contributed by atoms with Crippen molar-refractivity contribution in [3.63, 3.8) is 0 Å². The van der Waals surface area contributed by atoms with E-state index in [1.165, 1.54) is 0 Å². The smallest absolute Gasteiger partial charge is 0.256 e. The molecule has 0 aromatic carbocycles. The highest BCUT2D eigenvalue weighted by molar-refractivity contribution is 9.10. The van der Waals surface area contributed by atoms with Gasteiger partial charge in [-0.2, -0.15) is 0 Å². The molecule has 1 amide bonds. The molecule has 0 aliphatic heterocycles. The lowest BCUT2D eigenvalue weighted by atomic mass is 10.1. The van der Waals surface area contributed by atoms with E-state index >= 15 is 0 Å². The van der Waals surface area contributed by atoms with Crippen molar-refractivity contribution in [2.45, 2.75) is 46.1 Å². The second kappa shape index (κ2) is 7.52. The highest BCUT2D eigenvalue weighted by Gasteiger charge is 2.21. The summed E-state index contributed by atoms with van der Waals surface area (Å²) in [7, 11) is 0. The van der Waals surface area contributed by atoms with Gasteiger partial charge in [-0.05, 0) is 47.8 Å². The molecule has 1 heterocycles. The molecule has 1 atom stereocenters. The van der Waals surface area contributed by atoms with E-state index in [0.29, 0.717) is 10.2 Å². The molecule has 0 spiro atoms. The summed E-state index contributed by atoms with van der Waals surface area (Å²) >= 11 is 3.35. The van der Waals surface area contributed by atoms with E-state index in [0.717, 1.165) is 25.8 Å². The number of rotatable bonds is 6. The van der Waals surface area contributed by atoms with E-state index in [1.807, 2.05) is 11.0 Å². The average molecular weight is 313 g/mol. The summed E-state index contributed by atoms with van der Waals surface area (Å²) in [6, 6.07) is 3.88. The minimum absolute atomic E-state index is 0.0674. The Morgan fingerprint density at radius 1 is 1.50 bits per heavy atom. The van der Waals surface area contributed by atoms with Crippen molar-refractivity contribution in [1.82, 2.24) is 9.88 Å². The zero-order chi connectivity index (χ0) is 13.5. The van der Waals surface area contributed by atoms with Crippen LogP contribution in [-0.2, 0) is 0 Å². The summed E-state index contributed by atoms with van der Waals surface area (Å²) < 4.78 is 0.625. The maximum atomic E-state index is 12.5. The number of hydrogen-bond acceptors (Lipinski definition) is 2. The van der Waals surface area contributed by atoms with Crippen molar-refractivity contribution < 1.29 is 4.79 Å². The predicted molar refractivity (Wildman–Crippen MR) is 77.6 cm³/mol. The molecule has 0 fully saturated rings. The maximum Gasteiger partial charge on any atom is 0.256 e. The molecule has 4 heteroatoms. The van der Waals surface area contributed by atoms with Crippen molar-refractivity contribution in [1.29, 1.82) is 0 Å². The number of nitrogens with zero attached hydrogens (tertiary/aromatic N) is 2. The fourth-order valence-corrected chi connectivity index (χ4v) is 2.19. The molecule has 3 nitrogen and oxygen atoms in total. The van der Waals surface area contributed by atoms with E-state index in [4.69, 9.17) is 0 Å². The molecule has 1 aromatic rings. The molecule has 0 saturated carbocycles. The van der Waals surface area contributed by atoms with Crippen LogP contribution in [0.3, 0.4) is 0 Å². The second-order valence-electron chi connectivity index (χ2n) is 4.45. The third-order valence-electron chi connectivity index (χ3n) is 3.13. The van der Waals surface area contributed by atoms with Crippen LogP contribution in [0.2, 0.25) is 0 Å². The average Bonchev–Trinajstić information content (AvgIpc) is 2.39. The van der Waals surface area contributed by atoms with Gasteiger partial charge in [0.15, 0.2) is 0 Å². The van der Waals surface area contributed by atoms with Crippen LogP contribution < -0.4 is 0 Å². The van der Waals surface area contributed by atoms with Crippen molar-refractivity contribution in [2.24, 2.45) is 0 Å². The van der Waals surface area contributed by atoms with Gasteiger partial charge >= 0.3 is 0 Å². The lowest BCUT2D eigenvalue weighted by Crippen LogP contribution is -2.39. The first-order valence-electron chi connectivity index (χ1n) is 6.53. The molecule has 100 valence electrons. The fourth-order valence-electron chi connectivity index (χ4n) is 1.77. The molecule has 1 rings (SSSR count). The van der Waals surface area contributed by atoms with Crippen molar-refractivity contribution in [3.8, 4) is 0 Å². The maximum absolute atomic E-state index is 12.5. The zero-order valence-corrected chi connectivity index (χ0v) is 12.9. The first-order chi connectivity index (χ1) is 8.61. The Balaban J connectivity index is 2.91. The van der Waals surface area contributed by atoms with Gasteiger partial charge in [-0.3, -0.25) is 4.79 Å². The molecular formula is C14H21BrN2O. The number of amides is 1. The van der Waals surface area contributed by atoms with Gasteiger partial charge in [-0.1, -0.05) is 20.3 Å². The Labute approximate surface area is 118 Å². The molecule has 0 aliphatic rings. The van der Waals surface area contributed by atoms with Crippen molar-refractivity contribution >= 4 is 21.8 Å². The molecule has 18 heavy (non-hydrogen) atoms. The Kier molecular flexibility index (Phi) is 6.33. The lowest BCUT2D eigenvalue weighted by Gasteiger charge is -2.28. The minimum atomic E-state index is 0.0674. The lowest BCUT2D eigenvalue weighted by molar-refractivity contribution is 0.0684. The number of carbonyl (C=O) groups excluding carboxylic acids is 1. The van der Waals surface area contributed by atoms with Crippen LogP contribution in [0.25, 0.3) is 0 Å². The van der Waals surface area contributed by atoms with E-state index in [1.54, 1.807) is 12.3 Å². The van der Waals surface area contributed by atoms with Crippen LogP contribution in [0, 0.1) is 0 Å². The van der Waals surface area contributed by atoms with Gasteiger partial charge in [0.05, 0.1) is 5.56 Å². The molecule has 1 aromatic heterocycles. The molecule has 0 N–H and O–H groups in total. The topological polar surface area (TPSA) is 33.2 Å². The quantitative estimate of drug-likeness (QED) is 0.747. The number of aromatic nitrogens is 1. The summed E-state index contributed by atoms with van der Waals surface area (Å²) in [6.45, 7) is 7.15. The van der Waals surface area contributed by atoms with E-state index in [-0.39, 0.29) is 11.9 Å². The summed E-state index contributed by atoms with van der Waals surface area (Å²) in [6.07, 6.45) is 4.77. The van der Waals surface area contributed by atoms with E-state index in [2.05, 4.69) is 41.7 Å². The summed E-state index contributed by atoms with van der Waals surface area (Å²) in [5.41, 5.74) is 0.647. The summed E-state index contributed by atoms with van der Waals surface area (Å²) in [4.78, 5) is 18.6. The monoisotopic (exact) mass is 312 g/mol. The van der Waals surface area contributed by atoms with Gasteiger partial charge in [0.1, 0.15) is 4.60 Å². The van der Waals surface area contributed by atoms with Crippen LogP contribution in [0.5, 0.6) is 0 Å². The van der Waals surface area contributed by atoms with E-state index < -0.39 is 0 Å². The first kappa shape index (κ1) is 15.2. The summed E-state index contributed by atoms with van der Waals surface area (Å²) in [5.74, 6) is 0.0674. The van der Waals surface area contributed by atoms with Gasteiger partial charge in [0.2, 0.25) is 0 Å². The SMILES string of the molecule is CCCCN(C(=O)c1cccnc1Br)C(C)CC. The van der Waals surface area contributed by atoms with Crippen molar-refractivity contribution in [2.75, 3.05) is 6.54 Å². The van der Waals surface area contributed by atoms with Gasteiger partial charge in [0.25, 0.3) is 5.91 Å². The minimum Gasteiger partial charge on any atom is -0.336 e. The molecule has 0 bridgehead atoms.